The Bertz CT molecular complexity index is 603. The SMILES string of the molecule is Cl.Cl.O=C(Nc1cccc(Cn2cncn2)c1)C1CNCCO1. The third-order valence-corrected chi connectivity index (χ3v) is 3.23. The number of anilines is 1. The zero-order valence-corrected chi connectivity index (χ0v) is 14.0. The molecule has 1 aliphatic rings. The molecule has 23 heavy (non-hydrogen) atoms. The molecule has 1 aromatic heterocycles. The van der Waals surface area contributed by atoms with Gasteiger partial charge in [0.1, 0.15) is 18.8 Å². The number of amides is 1. The van der Waals surface area contributed by atoms with Crippen molar-refractivity contribution in [1.29, 1.82) is 0 Å². The van der Waals surface area contributed by atoms with Gasteiger partial charge in [0.05, 0.1) is 13.2 Å². The van der Waals surface area contributed by atoms with Crippen molar-refractivity contribution in [3.05, 3.63) is 42.5 Å². The summed E-state index contributed by atoms with van der Waals surface area (Å²) in [6.45, 7) is 2.51. The number of nitrogens with zero attached hydrogens (tertiary/aromatic N) is 3. The Hall–Kier alpha value is -1.67. The molecule has 1 aliphatic heterocycles. The zero-order chi connectivity index (χ0) is 14.5. The predicted octanol–water partition coefficient (Wildman–Crippen LogP) is 1.10. The Labute approximate surface area is 146 Å². The van der Waals surface area contributed by atoms with Gasteiger partial charge in [-0.25, -0.2) is 9.67 Å². The maximum absolute atomic E-state index is 12.1. The Morgan fingerprint density at radius 2 is 2.30 bits per heavy atom. The number of carbonyl (C=O) groups is 1. The second kappa shape index (κ2) is 9.46. The monoisotopic (exact) mass is 359 g/mol. The average Bonchev–Trinajstić information content (AvgIpc) is 3.01. The molecule has 2 N–H and O–H groups in total. The van der Waals surface area contributed by atoms with Crippen LogP contribution in [0.25, 0.3) is 0 Å². The third-order valence-electron chi connectivity index (χ3n) is 3.23. The molecule has 126 valence electrons. The molecule has 7 nitrogen and oxygen atoms in total. The summed E-state index contributed by atoms with van der Waals surface area (Å²) >= 11 is 0. The van der Waals surface area contributed by atoms with Gasteiger partial charge in [-0.15, -0.1) is 24.8 Å². The van der Waals surface area contributed by atoms with Gasteiger partial charge in [0, 0.05) is 18.8 Å². The van der Waals surface area contributed by atoms with E-state index in [0.29, 0.717) is 19.7 Å². The van der Waals surface area contributed by atoms with E-state index in [9.17, 15) is 4.79 Å². The molecule has 0 radical (unpaired) electrons. The van der Waals surface area contributed by atoms with E-state index in [1.807, 2.05) is 24.3 Å². The van der Waals surface area contributed by atoms with E-state index in [1.165, 1.54) is 6.33 Å². The number of morpholine rings is 1. The molecule has 9 heteroatoms. The minimum atomic E-state index is -0.433. The summed E-state index contributed by atoms with van der Waals surface area (Å²) in [5.74, 6) is -0.125. The molecule has 0 spiro atoms. The van der Waals surface area contributed by atoms with Gasteiger partial charge in [0.15, 0.2) is 0 Å². The smallest absolute Gasteiger partial charge is 0.254 e. The van der Waals surface area contributed by atoms with E-state index in [1.54, 1.807) is 11.0 Å². The molecule has 0 aliphatic carbocycles. The van der Waals surface area contributed by atoms with Gasteiger partial charge in [-0.1, -0.05) is 12.1 Å². The lowest BCUT2D eigenvalue weighted by atomic mass is 10.2. The number of benzene rings is 1. The second-order valence-electron chi connectivity index (χ2n) is 4.85. The maximum Gasteiger partial charge on any atom is 0.254 e. The standard InChI is InChI=1S/C14H17N5O2.2ClH/c20-14(13-7-15-4-5-21-13)18-12-3-1-2-11(6-12)8-19-10-16-9-17-19;;/h1-3,6,9-10,13,15H,4-5,7-8H2,(H,18,20);2*1H. The first kappa shape index (κ1) is 19.4. The summed E-state index contributed by atoms with van der Waals surface area (Å²) < 4.78 is 7.16. The molecular weight excluding hydrogens is 341 g/mol. The Kier molecular flexibility index (Phi) is 7.97. The molecule has 1 aromatic carbocycles. The zero-order valence-electron chi connectivity index (χ0n) is 12.3. The largest absolute Gasteiger partial charge is 0.366 e. The van der Waals surface area contributed by atoms with Crippen LogP contribution in [0.15, 0.2) is 36.9 Å². The number of aromatic nitrogens is 3. The van der Waals surface area contributed by atoms with Gasteiger partial charge in [0.2, 0.25) is 0 Å². The molecule has 2 aromatic rings. The highest BCUT2D eigenvalue weighted by Gasteiger charge is 2.21. The lowest BCUT2D eigenvalue weighted by Gasteiger charge is -2.22. The Morgan fingerprint density at radius 3 is 3.00 bits per heavy atom. The molecule has 3 rings (SSSR count). The quantitative estimate of drug-likeness (QED) is 0.854. The molecule has 1 fully saturated rings. The van der Waals surface area contributed by atoms with E-state index in [4.69, 9.17) is 4.74 Å². The van der Waals surface area contributed by atoms with Crippen molar-refractivity contribution >= 4 is 36.4 Å². The van der Waals surface area contributed by atoms with Gasteiger partial charge in [-0.2, -0.15) is 5.10 Å². The molecule has 2 heterocycles. The second-order valence-corrected chi connectivity index (χ2v) is 4.85. The van der Waals surface area contributed by atoms with Crippen LogP contribution >= 0.6 is 24.8 Å². The van der Waals surface area contributed by atoms with E-state index < -0.39 is 6.10 Å². The van der Waals surface area contributed by atoms with Crippen LogP contribution in [0.5, 0.6) is 0 Å². The number of halogens is 2. The molecule has 1 saturated heterocycles. The highest BCUT2D eigenvalue weighted by molar-refractivity contribution is 5.94. The molecular formula is C14H19Cl2N5O2. The van der Waals surface area contributed by atoms with Gasteiger partial charge in [-0.05, 0) is 17.7 Å². The van der Waals surface area contributed by atoms with Gasteiger partial charge in [0.25, 0.3) is 5.91 Å². The van der Waals surface area contributed by atoms with Crippen LogP contribution in [0.1, 0.15) is 5.56 Å². The minimum Gasteiger partial charge on any atom is -0.366 e. The van der Waals surface area contributed by atoms with Crippen molar-refractivity contribution in [2.24, 2.45) is 0 Å². The van der Waals surface area contributed by atoms with Gasteiger partial charge >= 0.3 is 0 Å². The number of ether oxygens (including phenoxy) is 1. The molecule has 1 atom stereocenters. The third kappa shape index (κ3) is 5.47. The van der Waals surface area contributed by atoms with E-state index in [-0.39, 0.29) is 30.7 Å². The Morgan fingerprint density at radius 1 is 1.43 bits per heavy atom. The van der Waals surface area contributed by atoms with Crippen molar-refractivity contribution in [3.8, 4) is 0 Å². The normalized spacial score (nSPS) is 16.8. The van der Waals surface area contributed by atoms with Crippen molar-refractivity contribution < 1.29 is 9.53 Å². The molecule has 1 amide bonds. The van der Waals surface area contributed by atoms with Crippen LogP contribution in [0.3, 0.4) is 0 Å². The maximum atomic E-state index is 12.1. The van der Waals surface area contributed by atoms with Gasteiger partial charge < -0.3 is 15.4 Å². The highest BCUT2D eigenvalue weighted by Crippen LogP contribution is 2.12. The number of carbonyl (C=O) groups excluding carboxylic acids is 1. The topological polar surface area (TPSA) is 81.1 Å². The van der Waals surface area contributed by atoms with Crippen molar-refractivity contribution in [3.63, 3.8) is 0 Å². The fraction of sp³-hybridized carbons (Fsp3) is 0.357. The summed E-state index contributed by atoms with van der Waals surface area (Å²) in [5.41, 5.74) is 1.80. The van der Waals surface area contributed by atoms with Crippen LogP contribution in [-0.4, -0.2) is 46.5 Å². The molecule has 1 unspecified atom stereocenters. The lowest BCUT2D eigenvalue weighted by Crippen LogP contribution is -2.45. The van der Waals surface area contributed by atoms with E-state index >= 15 is 0 Å². The van der Waals surface area contributed by atoms with Crippen LogP contribution in [0.2, 0.25) is 0 Å². The number of hydrogen-bond acceptors (Lipinski definition) is 5. The fourth-order valence-corrected chi connectivity index (χ4v) is 2.21. The van der Waals surface area contributed by atoms with Crippen molar-refractivity contribution in [1.82, 2.24) is 20.1 Å². The first-order valence-corrected chi connectivity index (χ1v) is 6.86. The van der Waals surface area contributed by atoms with Crippen LogP contribution in [-0.2, 0) is 16.1 Å². The van der Waals surface area contributed by atoms with Crippen molar-refractivity contribution in [2.45, 2.75) is 12.6 Å². The average molecular weight is 360 g/mol. The minimum absolute atomic E-state index is 0. The van der Waals surface area contributed by atoms with Crippen molar-refractivity contribution in [2.75, 3.05) is 25.0 Å². The Balaban J connectivity index is 0.00000132. The summed E-state index contributed by atoms with van der Waals surface area (Å²) in [7, 11) is 0. The first-order chi connectivity index (χ1) is 10.3. The van der Waals surface area contributed by atoms with Gasteiger partial charge in [-0.3, -0.25) is 4.79 Å². The fourth-order valence-electron chi connectivity index (χ4n) is 2.21. The van der Waals surface area contributed by atoms with E-state index in [2.05, 4.69) is 20.7 Å². The van der Waals surface area contributed by atoms with E-state index in [0.717, 1.165) is 17.8 Å². The number of nitrogens with one attached hydrogen (secondary N) is 2. The highest BCUT2D eigenvalue weighted by atomic mass is 35.5. The summed E-state index contributed by atoms with van der Waals surface area (Å²) in [5, 5.41) is 10.1. The molecule has 0 bridgehead atoms. The summed E-state index contributed by atoms with van der Waals surface area (Å²) in [6, 6.07) is 7.67. The number of hydrogen-bond donors (Lipinski definition) is 2. The van der Waals surface area contributed by atoms with Crippen LogP contribution < -0.4 is 10.6 Å². The van der Waals surface area contributed by atoms with Crippen LogP contribution in [0.4, 0.5) is 5.69 Å². The summed E-state index contributed by atoms with van der Waals surface area (Å²) in [4.78, 5) is 16.0. The molecule has 0 saturated carbocycles. The first-order valence-electron chi connectivity index (χ1n) is 6.86. The lowest BCUT2D eigenvalue weighted by molar-refractivity contribution is -0.128. The number of rotatable bonds is 4. The summed E-state index contributed by atoms with van der Waals surface area (Å²) in [6.07, 6.45) is 2.73. The predicted molar refractivity (Wildman–Crippen MR) is 91.3 cm³/mol. The van der Waals surface area contributed by atoms with Crippen LogP contribution in [0, 0.1) is 0 Å².